The summed E-state index contributed by atoms with van der Waals surface area (Å²) in [5.74, 6) is 0. The highest BCUT2D eigenvalue weighted by Gasteiger charge is 2.31. The van der Waals surface area contributed by atoms with Gasteiger partial charge in [0.1, 0.15) is 4.21 Å². The van der Waals surface area contributed by atoms with Crippen molar-refractivity contribution in [3.05, 3.63) is 46.3 Å². The summed E-state index contributed by atoms with van der Waals surface area (Å²) in [4.78, 5) is 0. The lowest BCUT2D eigenvalue weighted by Gasteiger charge is -2.25. The van der Waals surface area contributed by atoms with Crippen LogP contribution in [0.2, 0.25) is 4.34 Å². The SMILES string of the molecule is CC1CN(S(=O)(=O)c2ccc(Cl)s2)c2ccccc2CN1. The Kier molecular flexibility index (Phi) is 3.96. The van der Waals surface area contributed by atoms with Gasteiger partial charge in [-0.15, -0.1) is 11.3 Å². The van der Waals surface area contributed by atoms with Crippen LogP contribution in [0.5, 0.6) is 0 Å². The van der Waals surface area contributed by atoms with Gasteiger partial charge in [-0.25, -0.2) is 8.42 Å². The molecule has 3 rings (SSSR count). The first-order chi connectivity index (χ1) is 9.98. The van der Waals surface area contributed by atoms with Gasteiger partial charge in [-0.05, 0) is 30.7 Å². The number of thiophene rings is 1. The standard InChI is InChI=1S/C14H15ClN2O2S2/c1-10-9-17(12-5-3-2-4-11(12)8-16-10)21(18,19)14-7-6-13(15)20-14/h2-7,10,16H,8-9H2,1H3. The number of nitrogens with one attached hydrogen (secondary N) is 1. The van der Waals surface area contributed by atoms with Crippen molar-refractivity contribution in [3.8, 4) is 0 Å². The Labute approximate surface area is 133 Å². The lowest BCUT2D eigenvalue weighted by atomic mass is 10.2. The number of para-hydroxylation sites is 1. The summed E-state index contributed by atoms with van der Waals surface area (Å²) in [5.41, 5.74) is 1.71. The molecule has 0 radical (unpaired) electrons. The van der Waals surface area contributed by atoms with Gasteiger partial charge in [-0.2, -0.15) is 0 Å². The molecule has 0 aliphatic carbocycles. The van der Waals surface area contributed by atoms with Crippen LogP contribution in [-0.2, 0) is 16.6 Å². The van der Waals surface area contributed by atoms with E-state index in [9.17, 15) is 8.42 Å². The first kappa shape index (κ1) is 14.8. The predicted octanol–water partition coefficient (Wildman–Crippen LogP) is 3.09. The molecule has 21 heavy (non-hydrogen) atoms. The molecule has 1 atom stereocenters. The molecule has 2 aromatic rings. The van der Waals surface area contributed by atoms with Crippen LogP contribution >= 0.6 is 22.9 Å². The molecular weight excluding hydrogens is 328 g/mol. The minimum atomic E-state index is -3.58. The lowest BCUT2D eigenvalue weighted by Crippen LogP contribution is -2.39. The van der Waals surface area contributed by atoms with Crippen molar-refractivity contribution in [2.24, 2.45) is 0 Å². The van der Waals surface area contributed by atoms with E-state index < -0.39 is 10.0 Å². The van der Waals surface area contributed by atoms with Gasteiger partial charge in [-0.3, -0.25) is 4.31 Å². The summed E-state index contributed by atoms with van der Waals surface area (Å²) >= 11 is 6.98. The summed E-state index contributed by atoms with van der Waals surface area (Å²) in [6.45, 7) is 3.04. The van der Waals surface area contributed by atoms with Crippen molar-refractivity contribution in [2.75, 3.05) is 10.8 Å². The molecule has 0 fully saturated rings. The Balaban J connectivity index is 2.11. The molecule has 0 amide bonds. The maximum Gasteiger partial charge on any atom is 0.273 e. The molecule has 1 unspecified atom stereocenters. The summed E-state index contributed by atoms with van der Waals surface area (Å²) in [6.07, 6.45) is 0. The van der Waals surface area contributed by atoms with Gasteiger partial charge in [0.25, 0.3) is 10.0 Å². The van der Waals surface area contributed by atoms with Gasteiger partial charge in [0, 0.05) is 19.1 Å². The first-order valence-corrected chi connectivity index (χ1v) is 9.21. The molecule has 1 aromatic carbocycles. The third-order valence-corrected chi connectivity index (χ3v) is 6.91. The molecule has 0 saturated carbocycles. The maximum atomic E-state index is 12.9. The number of halogens is 1. The number of anilines is 1. The van der Waals surface area contributed by atoms with E-state index >= 15 is 0 Å². The van der Waals surface area contributed by atoms with E-state index in [1.807, 2.05) is 31.2 Å². The Morgan fingerprint density at radius 2 is 2.05 bits per heavy atom. The van der Waals surface area contributed by atoms with Crippen LogP contribution in [0.25, 0.3) is 0 Å². The van der Waals surface area contributed by atoms with E-state index in [1.165, 1.54) is 4.31 Å². The highest BCUT2D eigenvalue weighted by atomic mass is 35.5. The van der Waals surface area contributed by atoms with Gasteiger partial charge in [0.15, 0.2) is 0 Å². The molecule has 1 aromatic heterocycles. The molecule has 0 saturated heterocycles. The number of hydrogen-bond acceptors (Lipinski definition) is 4. The van der Waals surface area contributed by atoms with Crippen molar-refractivity contribution in [2.45, 2.75) is 23.7 Å². The number of rotatable bonds is 2. The Bertz CT molecular complexity index is 758. The van der Waals surface area contributed by atoms with Crippen LogP contribution in [0.4, 0.5) is 5.69 Å². The van der Waals surface area contributed by atoms with Gasteiger partial charge in [0.2, 0.25) is 0 Å². The third kappa shape index (κ3) is 2.81. The summed E-state index contributed by atoms with van der Waals surface area (Å²) in [6, 6.07) is 10.8. The van der Waals surface area contributed by atoms with E-state index in [0.717, 1.165) is 22.6 Å². The predicted molar refractivity (Wildman–Crippen MR) is 86.6 cm³/mol. The summed E-state index contributed by atoms with van der Waals surface area (Å²) in [7, 11) is -3.58. The maximum absolute atomic E-state index is 12.9. The van der Waals surface area contributed by atoms with E-state index in [1.54, 1.807) is 12.1 Å². The van der Waals surface area contributed by atoms with E-state index in [4.69, 9.17) is 11.6 Å². The van der Waals surface area contributed by atoms with E-state index in [0.29, 0.717) is 17.4 Å². The topological polar surface area (TPSA) is 49.4 Å². The summed E-state index contributed by atoms with van der Waals surface area (Å²) < 4.78 is 28.1. The first-order valence-electron chi connectivity index (χ1n) is 6.58. The highest BCUT2D eigenvalue weighted by Crippen LogP contribution is 2.33. The van der Waals surface area contributed by atoms with Crippen LogP contribution in [0.3, 0.4) is 0 Å². The monoisotopic (exact) mass is 342 g/mol. The van der Waals surface area contributed by atoms with Crippen molar-refractivity contribution in [1.82, 2.24) is 5.32 Å². The van der Waals surface area contributed by atoms with Crippen LogP contribution in [-0.4, -0.2) is 21.0 Å². The fourth-order valence-corrected chi connectivity index (χ4v) is 5.56. The van der Waals surface area contributed by atoms with E-state index in [2.05, 4.69) is 5.32 Å². The average Bonchev–Trinajstić information content (AvgIpc) is 2.82. The molecule has 1 N–H and O–H groups in total. The summed E-state index contributed by atoms with van der Waals surface area (Å²) in [5, 5.41) is 3.33. The zero-order valence-electron chi connectivity index (χ0n) is 11.4. The number of nitrogens with zero attached hydrogens (tertiary/aromatic N) is 1. The van der Waals surface area contributed by atoms with Crippen LogP contribution in [0, 0.1) is 0 Å². The molecule has 7 heteroatoms. The fraction of sp³-hybridized carbons (Fsp3) is 0.286. The average molecular weight is 343 g/mol. The highest BCUT2D eigenvalue weighted by molar-refractivity contribution is 7.94. The smallest absolute Gasteiger partial charge is 0.273 e. The van der Waals surface area contributed by atoms with E-state index in [-0.39, 0.29) is 10.3 Å². The van der Waals surface area contributed by atoms with Gasteiger partial charge in [-0.1, -0.05) is 29.8 Å². The Morgan fingerprint density at radius 3 is 2.76 bits per heavy atom. The second-order valence-electron chi connectivity index (χ2n) is 5.01. The fourth-order valence-electron chi connectivity index (χ4n) is 2.37. The molecule has 4 nitrogen and oxygen atoms in total. The minimum absolute atomic E-state index is 0.0719. The van der Waals surface area contributed by atoms with Crippen molar-refractivity contribution in [3.63, 3.8) is 0 Å². The zero-order chi connectivity index (χ0) is 15.0. The Hall–Kier alpha value is -1.08. The largest absolute Gasteiger partial charge is 0.308 e. The molecular formula is C14H15ClN2O2S2. The minimum Gasteiger partial charge on any atom is -0.308 e. The van der Waals surface area contributed by atoms with Crippen molar-refractivity contribution >= 4 is 38.6 Å². The molecule has 0 bridgehead atoms. The van der Waals surface area contributed by atoms with Gasteiger partial charge < -0.3 is 5.32 Å². The quantitative estimate of drug-likeness (QED) is 0.912. The number of sulfonamides is 1. The number of fused-ring (bicyclic) bond motifs is 1. The third-order valence-electron chi connectivity index (χ3n) is 3.43. The number of benzene rings is 1. The molecule has 112 valence electrons. The second kappa shape index (κ2) is 5.61. The van der Waals surface area contributed by atoms with Crippen molar-refractivity contribution in [1.29, 1.82) is 0 Å². The van der Waals surface area contributed by atoms with Crippen LogP contribution in [0.1, 0.15) is 12.5 Å². The zero-order valence-corrected chi connectivity index (χ0v) is 13.8. The molecule has 1 aliphatic heterocycles. The van der Waals surface area contributed by atoms with Gasteiger partial charge >= 0.3 is 0 Å². The number of hydrogen-bond donors (Lipinski definition) is 1. The van der Waals surface area contributed by atoms with Crippen molar-refractivity contribution < 1.29 is 8.42 Å². The molecule has 1 aliphatic rings. The lowest BCUT2D eigenvalue weighted by molar-refractivity contribution is 0.557. The van der Waals surface area contributed by atoms with Gasteiger partial charge in [0.05, 0.1) is 10.0 Å². The Morgan fingerprint density at radius 1 is 1.29 bits per heavy atom. The molecule has 0 spiro atoms. The normalized spacial score (nSPS) is 19.1. The second-order valence-corrected chi connectivity index (χ2v) is 8.81. The van der Waals surface area contributed by atoms with Crippen LogP contribution < -0.4 is 9.62 Å². The van der Waals surface area contributed by atoms with Crippen LogP contribution in [0.15, 0.2) is 40.6 Å². The molecule has 2 heterocycles.